The molecule has 0 fully saturated rings. The van der Waals surface area contributed by atoms with E-state index in [1.807, 2.05) is 13.8 Å². The van der Waals surface area contributed by atoms with Crippen molar-refractivity contribution in [1.82, 2.24) is 4.98 Å². The van der Waals surface area contributed by atoms with Gasteiger partial charge in [0.1, 0.15) is 11.6 Å². The highest BCUT2D eigenvalue weighted by atomic mass is 35.5. The summed E-state index contributed by atoms with van der Waals surface area (Å²) in [6, 6.07) is 10.4. The molecule has 1 amide bonds. The van der Waals surface area contributed by atoms with Gasteiger partial charge in [-0.25, -0.2) is 4.98 Å². The van der Waals surface area contributed by atoms with Crippen molar-refractivity contribution in [3.8, 4) is 5.75 Å². The van der Waals surface area contributed by atoms with Crippen molar-refractivity contribution in [2.45, 2.75) is 19.4 Å². The minimum atomic E-state index is -0.472. The van der Waals surface area contributed by atoms with Gasteiger partial charge in [-0.15, -0.1) is 0 Å². The average Bonchev–Trinajstić information content (AvgIpc) is 2.56. The fraction of sp³-hybridized carbons (Fsp3) is 0.294. The zero-order valence-electron chi connectivity index (χ0n) is 13.5. The van der Waals surface area contributed by atoms with E-state index in [0.717, 1.165) is 0 Å². The summed E-state index contributed by atoms with van der Waals surface area (Å²) in [5.41, 5.74) is 0.0794. The summed E-state index contributed by atoms with van der Waals surface area (Å²) >= 11 is 5.96. The lowest BCUT2D eigenvalue weighted by Crippen LogP contribution is -2.35. The van der Waals surface area contributed by atoms with Crippen molar-refractivity contribution >= 4 is 29.0 Å². The number of carbonyl (C=O) groups excluding carboxylic acids is 1. The number of benzene rings is 1. The Morgan fingerprint density at radius 1 is 1.29 bits per heavy atom. The molecular formula is C17H20ClN3O3. The lowest BCUT2D eigenvalue weighted by Gasteiger charge is -2.24. The molecule has 0 bridgehead atoms. The largest absolute Gasteiger partial charge is 0.482 e. The van der Waals surface area contributed by atoms with Crippen LogP contribution in [0.4, 0.5) is 11.5 Å². The van der Waals surface area contributed by atoms with Gasteiger partial charge in [0.2, 0.25) is 0 Å². The molecule has 128 valence electrons. The van der Waals surface area contributed by atoms with E-state index in [1.165, 1.54) is 6.20 Å². The number of carbonyl (C=O) groups is 1. The number of aliphatic hydroxyl groups excluding tert-OH is 1. The molecule has 0 radical (unpaired) electrons. The number of ether oxygens (including phenoxy) is 1. The number of para-hydroxylation sites is 1. The highest BCUT2D eigenvalue weighted by molar-refractivity contribution is 6.32. The van der Waals surface area contributed by atoms with Crippen LogP contribution >= 0.6 is 11.6 Å². The van der Waals surface area contributed by atoms with Gasteiger partial charge in [-0.3, -0.25) is 4.79 Å². The van der Waals surface area contributed by atoms with Gasteiger partial charge in [-0.2, -0.15) is 0 Å². The van der Waals surface area contributed by atoms with Gasteiger partial charge in [0.15, 0.2) is 6.61 Å². The number of rotatable bonds is 7. The van der Waals surface area contributed by atoms with E-state index in [0.29, 0.717) is 22.3 Å². The molecule has 0 aliphatic rings. The number of nitrogens with zero attached hydrogens (tertiary/aromatic N) is 1. The third-order valence-corrected chi connectivity index (χ3v) is 3.42. The summed E-state index contributed by atoms with van der Waals surface area (Å²) in [5, 5.41) is 15.5. The Morgan fingerprint density at radius 3 is 2.67 bits per heavy atom. The van der Waals surface area contributed by atoms with Crippen LogP contribution in [0.1, 0.15) is 13.8 Å². The van der Waals surface area contributed by atoms with Crippen LogP contribution in [0.15, 0.2) is 42.6 Å². The van der Waals surface area contributed by atoms with Gasteiger partial charge in [0, 0.05) is 0 Å². The molecule has 2 rings (SSSR count). The van der Waals surface area contributed by atoms with Crippen LogP contribution in [-0.2, 0) is 4.79 Å². The fourth-order valence-electron chi connectivity index (χ4n) is 1.83. The van der Waals surface area contributed by atoms with Crippen LogP contribution < -0.4 is 15.4 Å². The minimum absolute atomic E-state index is 0.0213. The quantitative estimate of drug-likeness (QED) is 0.715. The third-order valence-electron chi connectivity index (χ3n) is 3.10. The molecule has 6 nitrogen and oxygen atoms in total. The van der Waals surface area contributed by atoms with E-state index in [1.54, 1.807) is 36.4 Å². The maximum absolute atomic E-state index is 11.9. The van der Waals surface area contributed by atoms with Gasteiger partial charge in [0.25, 0.3) is 5.91 Å². The Labute approximate surface area is 145 Å². The molecule has 24 heavy (non-hydrogen) atoms. The summed E-state index contributed by atoms with van der Waals surface area (Å²) in [6.07, 6.45) is 1.53. The molecule has 0 saturated carbocycles. The first-order valence-electron chi connectivity index (χ1n) is 7.42. The van der Waals surface area contributed by atoms with Crippen LogP contribution in [0.5, 0.6) is 5.75 Å². The standard InChI is InChI=1S/C17H20ClN3O3/c1-17(2,11-22)21-15-8-7-12(9-19-15)20-16(23)10-24-14-6-4-3-5-13(14)18/h3-9,22H,10-11H2,1-2H3,(H,19,21)(H,20,23). The van der Waals surface area contributed by atoms with E-state index >= 15 is 0 Å². The Bertz CT molecular complexity index is 690. The number of aliphatic hydroxyl groups is 1. The van der Waals surface area contributed by atoms with Crippen molar-refractivity contribution in [3.05, 3.63) is 47.6 Å². The maximum atomic E-state index is 11.9. The number of anilines is 2. The summed E-state index contributed by atoms with van der Waals surface area (Å²) in [7, 11) is 0. The highest BCUT2D eigenvalue weighted by Gasteiger charge is 2.16. The molecule has 0 spiro atoms. The molecule has 0 aliphatic heterocycles. The minimum Gasteiger partial charge on any atom is -0.482 e. The number of nitrogens with one attached hydrogen (secondary N) is 2. The van der Waals surface area contributed by atoms with E-state index in [2.05, 4.69) is 15.6 Å². The van der Waals surface area contributed by atoms with Crippen LogP contribution in [0, 0.1) is 0 Å². The summed E-state index contributed by atoms with van der Waals surface area (Å²) in [4.78, 5) is 16.1. The lowest BCUT2D eigenvalue weighted by molar-refractivity contribution is -0.118. The topological polar surface area (TPSA) is 83.5 Å². The molecule has 3 N–H and O–H groups in total. The van der Waals surface area contributed by atoms with E-state index in [9.17, 15) is 9.90 Å². The maximum Gasteiger partial charge on any atom is 0.262 e. The Morgan fingerprint density at radius 2 is 2.04 bits per heavy atom. The molecular weight excluding hydrogens is 330 g/mol. The molecule has 1 heterocycles. The Balaban J connectivity index is 1.87. The highest BCUT2D eigenvalue weighted by Crippen LogP contribution is 2.23. The average molecular weight is 350 g/mol. The van der Waals surface area contributed by atoms with Crippen molar-refractivity contribution < 1.29 is 14.6 Å². The molecule has 1 aromatic heterocycles. The molecule has 0 saturated heterocycles. The predicted octanol–water partition coefficient (Wildman–Crippen LogP) is 2.94. The molecule has 7 heteroatoms. The molecule has 0 atom stereocenters. The van der Waals surface area contributed by atoms with Gasteiger partial charge in [0.05, 0.1) is 29.1 Å². The summed E-state index contributed by atoms with van der Waals surface area (Å²) in [6.45, 7) is 3.54. The van der Waals surface area contributed by atoms with Crippen molar-refractivity contribution in [1.29, 1.82) is 0 Å². The van der Waals surface area contributed by atoms with Gasteiger partial charge in [-0.1, -0.05) is 23.7 Å². The first-order chi connectivity index (χ1) is 11.4. The number of hydrogen-bond donors (Lipinski definition) is 3. The molecule has 0 unspecified atom stereocenters. The smallest absolute Gasteiger partial charge is 0.262 e. The SMILES string of the molecule is CC(C)(CO)Nc1ccc(NC(=O)COc2ccccc2Cl)cn1. The zero-order valence-corrected chi connectivity index (χ0v) is 14.3. The Hall–Kier alpha value is -2.31. The number of aromatic nitrogens is 1. The first-order valence-corrected chi connectivity index (χ1v) is 7.80. The van der Waals surface area contributed by atoms with E-state index in [4.69, 9.17) is 16.3 Å². The second-order valence-corrected chi connectivity index (χ2v) is 6.27. The van der Waals surface area contributed by atoms with Gasteiger partial charge >= 0.3 is 0 Å². The Kier molecular flexibility index (Phi) is 6.00. The number of hydrogen-bond acceptors (Lipinski definition) is 5. The van der Waals surface area contributed by atoms with E-state index in [-0.39, 0.29) is 19.1 Å². The normalized spacial score (nSPS) is 11.0. The van der Waals surface area contributed by atoms with Gasteiger partial charge in [-0.05, 0) is 38.1 Å². The van der Waals surface area contributed by atoms with Crippen molar-refractivity contribution in [2.24, 2.45) is 0 Å². The predicted molar refractivity (Wildman–Crippen MR) is 94.6 cm³/mol. The van der Waals surface area contributed by atoms with Crippen molar-refractivity contribution in [2.75, 3.05) is 23.8 Å². The number of amides is 1. The van der Waals surface area contributed by atoms with Crippen LogP contribution in [0.25, 0.3) is 0 Å². The van der Waals surface area contributed by atoms with Crippen LogP contribution in [-0.4, -0.2) is 34.8 Å². The summed E-state index contributed by atoms with van der Waals surface area (Å²) < 4.78 is 5.37. The first kappa shape index (κ1) is 18.0. The number of halogens is 1. The van der Waals surface area contributed by atoms with Crippen molar-refractivity contribution in [3.63, 3.8) is 0 Å². The van der Waals surface area contributed by atoms with Crippen LogP contribution in [0.3, 0.4) is 0 Å². The fourth-order valence-corrected chi connectivity index (χ4v) is 2.02. The van der Waals surface area contributed by atoms with E-state index < -0.39 is 5.54 Å². The lowest BCUT2D eigenvalue weighted by atomic mass is 10.1. The second-order valence-electron chi connectivity index (χ2n) is 5.87. The monoisotopic (exact) mass is 349 g/mol. The molecule has 1 aromatic carbocycles. The zero-order chi connectivity index (χ0) is 17.6. The van der Waals surface area contributed by atoms with Gasteiger partial charge < -0.3 is 20.5 Å². The second kappa shape index (κ2) is 7.99. The molecule has 0 aliphatic carbocycles. The number of pyridine rings is 1. The third kappa shape index (κ3) is 5.40. The summed E-state index contributed by atoms with van der Waals surface area (Å²) in [5.74, 6) is 0.755. The molecule has 2 aromatic rings. The van der Waals surface area contributed by atoms with Crippen LogP contribution in [0.2, 0.25) is 5.02 Å².